The molecule has 0 bridgehead atoms. The highest BCUT2D eigenvalue weighted by atomic mass is 16.5. The molecule has 0 radical (unpaired) electrons. The molecule has 0 fully saturated rings. The molecule has 0 amide bonds. The first kappa shape index (κ1) is 13.1. The number of nitrogens with one attached hydrogen (secondary N) is 1. The second-order valence-electron chi connectivity index (χ2n) is 4.34. The van der Waals surface area contributed by atoms with Crippen molar-refractivity contribution in [1.82, 2.24) is 14.8 Å². The number of hydrogen-bond donors (Lipinski definition) is 2. The molecule has 2 rings (SSSR count). The van der Waals surface area contributed by atoms with Crippen LogP contribution in [-0.4, -0.2) is 32.4 Å². The van der Waals surface area contributed by atoms with E-state index < -0.39 is 22.8 Å². The largest absolute Gasteiger partial charge is 0.506 e. The maximum absolute atomic E-state index is 11.9. The second-order valence-corrected chi connectivity index (χ2v) is 4.34. The van der Waals surface area contributed by atoms with Gasteiger partial charge in [0.15, 0.2) is 5.56 Å². The molecule has 0 aromatic carbocycles. The molecule has 0 aliphatic carbocycles. The first-order chi connectivity index (χ1) is 8.97. The van der Waals surface area contributed by atoms with Crippen molar-refractivity contribution in [2.75, 3.05) is 6.61 Å². The van der Waals surface area contributed by atoms with Crippen molar-refractivity contribution < 1.29 is 14.6 Å². The summed E-state index contributed by atoms with van der Waals surface area (Å²) in [5.74, 6) is -1.25. The van der Waals surface area contributed by atoms with Gasteiger partial charge in [0.2, 0.25) is 0 Å². The van der Waals surface area contributed by atoms with E-state index in [2.05, 4.69) is 10.1 Å². The predicted octanol–water partition coefficient (Wildman–Crippen LogP) is 1.19. The van der Waals surface area contributed by atoms with Crippen molar-refractivity contribution >= 4 is 17.0 Å². The number of aromatic amines is 1. The minimum Gasteiger partial charge on any atom is -0.506 e. The second kappa shape index (κ2) is 4.75. The summed E-state index contributed by atoms with van der Waals surface area (Å²) in [7, 11) is 0. The van der Waals surface area contributed by atoms with Gasteiger partial charge in [-0.1, -0.05) is 0 Å². The molecule has 102 valence electrons. The molecule has 7 nitrogen and oxygen atoms in total. The van der Waals surface area contributed by atoms with Crippen LogP contribution in [0.4, 0.5) is 0 Å². The van der Waals surface area contributed by atoms with Crippen molar-refractivity contribution in [1.29, 1.82) is 0 Å². The van der Waals surface area contributed by atoms with E-state index in [0.717, 1.165) is 0 Å². The number of H-pyrrole nitrogens is 1. The molecule has 0 aliphatic rings. The van der Waals surface area contributed by atoms with Gasteiger partial charge in [0, 0.05) is 6.04 Å². The Morgan fingerprint density at radius 3 is 2.84 bits per heavy atom. The maximum atomic E-state index is 11.9. The number of fused-ring (bicyclic) bond motifs is 1. The van der Waals surface area contributed by atoms with Crippen LogP contribution in [0, 0.1) is 0 Å². The van der Waals surface area contributed by atoms with Crippen molar-refractivity contribution in [2.24, 2.45) is 0 Å². The molecular weight excluding hydrogens is 250 g/mol. The number of aromatic hydroxyl groups is 1. The summed E-state index contributed by atoms with van der Waals surface area (Å²) >= 11 is 0. The Morgan fingerprint density at radius 1 is 1.58 bits per heavy atom. The van der Waals surface area contributed by atoms with Gasteiger partial charge in [0.1, 0.15) is 11.4 Å². The van der Waals surface area contributed by atoms with E-state index in [1.807, 2.05) is 13.8 Å². The van der Waals surface area contributed by atoms with Gasteiger partial charge >= 0.3 is 5.97 Å². The third-order valence-electron chi connectivity index (χ3n) is 2.72. The van der Waals surface area contributed by atoms with Crippen molar-refractivity contribution in [3.05, 3.63) is 22.1 Å². The van der Waals surface area contributed by atoms with Crippen molar-refractivity contribution in [2.45, 2.75) is 26.8 Å². The van der Waals surface area contributed by atoms with Crippen LogP contribution >= 0.6 is 0 Å². The average Bonchev–Trinajstić information content (AvgIpc) is 2.73. The van der Waals surface area contributed by atoms with Crippen LogP contribution in [0.5, 0.6) is 5.75 Å². The Hall–Kier alpha value is -2.31. The number of aromatic nitrogens is 3. The van der Waals surface area contributed by atoms with Crippen LogP contribution in [0.15, 0.2) is 11.0 Å². The van der Waals surface area contributed by atoms with Crippen LogP contribution in [0.1, 0.15) is 37.2 Å². The highest BCUT2D eigenvalue weighted by molar-refractivity contribution is 5.98. The lowest BCUT2D eigenvalue weighted by Gasteiger charge is -2.08. The number of pyridine rings is 1. The SMILES string of the molecule is CCOC(=O)c1c(O)c2cnn(C(C)C)c2[nH]c1=O. The fourth-order valence-corrected chi connectivity index (χ4v) is 1.86. The fourth-order valence-electron chi connectivity index (χ4n) is 1.86. The van der Waals surface area contributed by atoms with Gasteiger partial charge in [-0.3, -0.25) is 4.79 Å². The molecule has 0 unspecified atom stereocenters. The molecular formula is C12H15N3O4. The molecule has 0 spiro atoms. The van der Waals surface area contributed by atoms with E-state index in [-0.39, 0.29) is 12.6 Å². The van der Waals surface area contributed by atoms with Gasteiger partial charge in [-0.15, -0.1) is 0 Å². The third kappa shape index (κ3) is 2.07. The van der Waals surface area contributed by atoms with E-state index in [4.69, 9.17) is 4.74 Å². The van der Waals surface area contributed by atoms with Crippen LogP contribution in [0.25, 0.3) is 11.0 Å². The summed E-state index contributed by atoms with van der Waals surface area (Å²) in [6.07, 6.45) is 1.41. The number of rotatable bonds is 3. The van der Waals surface area contributed by atoms with E-state index in [9.17, 15) is 14.7 Å². The zero-order chi connectivity index (χ0) is 14.2. The Balaban J connectivity index is 2.71. The summed E-state index contributed by atoms with van der Waals surface area (Å²) in [6.45, 7) is 5.53. The Kier molecular flexibility index (Phi) is 3.28. The van der Waals surface area contributed by atoms with Gasteiger partial charge in [0.25, 0.3) is 5.56 Å². The number of nitrogens with zero attached hydrogens (tertiary/aromatic N) is 2. The Morgan fingerprint density at radius 2 is 2.26 bits per heavy atom. The first-order valence-corrected chi connectivity index (χ1v) is 5.97. The van der Waals surface area contributed by atoms with E-state index in [1.54, 1.807) is 11.6 Å². The van der Waals surface area contributed by atoms with Crippen LogP contribution < -0.4 is 5.56 Å². The average molecular weight is 265 g/mol. The van der Waals surface area contributed by atoms with Gasteiger partial charge in [-0.2, -0.15) is 5.10 Å². The topological polar surface area (TPSA) is 97.2 Å². The smallest absolute Gasteiger partial charge is 0.347 e. The monoisotopic (exact) mass is 265 g/mol. The van der Waals surface area contributed by atoms with Gasteiger partial charge in [-0.05, 0) is 20.8 Å². The van der Waals surface area contributed by atoms with Crippen molar-refractivity contribution in [3.63, 3.8) is 0 Å². The molecule has 19 heavy (non-hydrogen) atoms. The van der Waals surface area contributed by atoms with E-state index >= 15 is 0 Å². The quantitative estimate of drug-likeness (QED) is 0.812. The first-order valence-electron chi connectivity index (χ1n) is 5.97. The lowest BCUT2D eigenvalue weighted by molar-refractivity contribution is 0.0521. The highest BCUT2D eigenvalue weighted by Crippen LogP contribution is 2.26. The Labute approximate surface area is 108 Å². The summed E-state index contributed by atoms with van der Waals surface area (Å²) in [6, 6.07) is 0.0148. The molecule has 2 aromatic rings. The number of carbonyl (C=O) groups is 1. The third-order valence-corrected chi connectivity index (χ3v) is 2.72. The molecule has 2 heterocycles. The lowest BCUT2D eigenvalue weighted by Crippen LogP contribution is -2.21. The van der Waals surface area contributed by atoms with E-state index in [1.165, 1.54) is 6.20 Å². The lowest BCUT2D eigenvalue weighted by atomic mass is 10.2. The molecule has 0 atom stereocenters. The summed E-state index contributed by atoms with van der Waals surface area (Å²) in [4.78, 5) is 26.1. The summed E-state index contributed by atoms with van der Waals surface area (Å²) in [5, 5.41) is 14.4. The number of hydrogen-bond acceptors (Lipinski definition) is 5. The van der Waals surface area contributed by atoms with Crippen LogP contribution in [0.2, 0.25) is 0 Å². The molecule has 2 N–H and O–H groups in total. The van der Waals surface area contributed by atoms with Gasteiger partial charge < -0.3 is 14.8 Å². The molecule has 2 aromatic heterocycles. The molecule has 0 saturated carbocycles. The normalized spacial score (nSPS) is 11.2. The molecule has 7 heteroatoms. The fraction of sp³-hybridized carbons (Fsp3) is 0.417. The number of esters is 1. The van der Waals surface area contributed by atoms with Crippen LogP contribution in [-0.2, 0) is 4.74 Å². The zero-order valence-electron chi connectivity index (χ0n) is 10.9. The van der Waals surface area contributed by atoms with Gasteiger partial charge in [-0.25, -0.2) is 9.48 Å². The standard InChI is InChI=1S/C12H15N3O4/c1-4-19-12(18)8-9(16)7-5-13-15(6(2)3)10(7)14-11(8)17/h5-6H,4H2,1-3H3,(H2,14,16,17). The molecule has 0 saturated heterocycles. The highest BCUT2D eigenvalue weighted by Gasteiger charge is 2.22. The predicted molar refractivity (Wildman–Crippen MR) is 68.4 cm³/mol. The van der Waals surface area contributed by atoms with E-state index in [0.29, 0.717) is 11.0 Å². The van der Waals surface area contributed by atoms with Crippen LogP contribution in [0.3, 0.4) is 0 Å². The molecule has 0 aliphatic heterocycles. The minimum absolute atomic E-state index is 0.0148. The van der Waals surface area contributed by atoms with Gasteiger partial charge in [0.05, 0.1) is 18.2 Å². The summed E-state index contributed by atoms with van der Waals surface area (Å²) in [5.41, 5.74) is -0.700. The van der Waals surface area contributed by atoms with Crippen molar-refractivity contribution in [3.8, 4) is 5.75 Å². The maximum Gasteiger partial charge on any atom is 0.347 e. The summed E-state index contributed by atoms with van der Waals surface area (Å²) < 4.78 is 6.31. The zero-order valence-corrected chi connectivity index (χ0v) is 10.9. The number of carbonyl (C=O) groups excluding carboxylic acids is 1. The number of ether oxygens (including phenoxy) is 1. The minimum atomic E-state index is -0.847. The Bertz CT molecular complexity index is 684.